The van der Waals surface area contributed by atoms with Gasteiger partial charge in [0.05, 0.1) is 4.47 Å². The molecule has 116 valence electrons. The molecule has 5 nitrogen and oxygen atoms in total. The van der Waals surface area contributed by atoms with E-state index in [1.54, 1.807) is 25.1 Å². The predicted molar refractivity (Wildman–Crippen MR) is 86.4 cm³/mol. The number of hydrogen-bond donors (Lipinski definition) is 2. The standard InChI is InChI=1S/C14H17Br2NO4/c1-3-8(2)13(14(19)20)17-12(18)7-21-11-5-4-9(15)6-10(11)16/h4-6,8,13H,3,7H2,1-2H3,(H,17,18)(H,19,20)/t8-,13-/m0/s1. The minimum Gasteiger partial charge on any atom is -0.483 e. The molecule has 0 aliphatic rings. The zero-order chi connectivity index (χ0) is 16.0. The van der Waals surface area contributed by atoms with Gasteiger partial charge in [-0.05, 0) is 40.0 Å². The molecule has 0 unspecified atom stereocenters. The second-order valence-electron chi connectivity index (χ2n) is 4.63. The van der Waals surface area contributed by atoms with Gasteiger partial charge in [0.2, 0.25) is 0 Å². The Morgan fingerprint density at radius 2 is 2.05 bits per heavy atom. The molecule has 0 saturated heterocycles. The van der Waals surface area contributed by atoms with Crippen molar-refractivity contribution in [3.63, 3.8) is 0 Å². The Morgan fingerprint density at radius 3 is 2.57 bits per heavy atom. The minimum atomic E-state index is -1.04. The van der Waals surface area contributed by atoms with Gasteiger partial charge in [-0.3, -0.25) is 4.79 Å². The lowest BCUT2D eigenvalue weighted by Gasteiger charge is -2.20. The van der Waals surface area contributed by atoms with Crippen molar-refractivity contribution in [1.82, 2.24) is 5.32 Å². The minimum absolute atomic E-state index is 0.147. The molecule has 1 aromatic carbocycles. The number of carbonyl (C=O) groups is 2. The van der Waals surface area contributed by atoms with Gasteiger partial charge in [-0.2, -0.15) is 0 Å². The normalized spacial score (nSPS) is 13.3. The molecule has 0 aliphatic heterocycles. The molecule has 0 radical (unpaired) electrons. The third kappa shape index (κ3) is 5.67. The molecule has 0 bridgehead atoms. The highest BCUT2D eigenvalue weighted by atomic mass is 79.9. The SMILES string of the molecule is CC[C@H](C)[C@H](NC(=O)COc1ccc(Br)cc1Br)C(=O)O. The van der Waals surface area contributed by atoms with E-state index in [1.165, 1.54) is 0 Å². The lowest BCUT2D eigenvalue weighted by atomic mass is 9.99. The molecule has 1 aromatic rings. The number of carboxylic acid groups (broad SMARTS) is 1. The first-order valence-corrected chi connectivity index (χ1v) is 8.03. The summed E-state index contributed by atoms with van der Waals surface area (Å²) >= 11 is 6.64. The van der Waals surface area contributed by atoms with Crippen LogP contribution in [0.1, 0.15) is 20.3 Å². The lowest BCUT2D eigenvalue weighted by Crippen LogP contribution is -2.46. The maximum absolute atomic E-state index is 11.8. The zero-order valence-corrected chi connectivity index (χ0v) is 14.9. The molecule has 0 heterocycles. The van der Waals surface area contributed by atoms with E-state index in [-0.39, 0.29) is 12.5 Å². The number of carboxylic acids is 1. The number of amides is 1. The molecule has 0 saturated carbocycles. The van der Waals surface area contributed by atoms with Crippen LogP contribution < -0.4 is 10.1 Å². The van der Waals surface area contributed by atoms with Crippen molar-refractivity contribution >= 4 is 43.7 Å². The van der Waals surface area contributed by atoms with Crippen LogP contribution in [0.4, 0.5) is 0 Å². The predicted octanol–water partition coefficient (Wildman–Crippen LogP) is 3.21. The molecule has 2 N–H and O–H groups in total. The Hall–Kier alpha value is -1.08. The number of rotatable bonds is 7. The molecular formula is C14H17Br2NO4. The molecule has 21 heavy (non-hydrogen) atoms. The zero-order valence-electron chi connectivity index (χ0n) is 11.7. The summed E-state index contributed by atoms with van der Waals surface area (Å²) in [7, 11) is 0. The first kappa shape index (κ1) is 18.0. The summed E-state index contributed by atoms with van der Waals surface area (Å²) in [5, 5.41) is 11.6. The first-order valence-electron chi connectivity index (χ1n) is 6.45. The highest BCUT2D eigenvalue weighted by molar-refractivity contribution is 9.11. The van der Waals surface area contributed by atoms with E-state index >= 15 is 0 Å². The third-order valence-electron chi connectivity index (χ3n) is 3.05. The van der Waals surface area contributed by atoms with Gasteiger partial charge >= 0.3 is 5.97 Å². The number of carbonyl (C=O) groups excluding carboxylic acids is 1. The van der Waals surface area contributed by atoms with E-state index in [0.29, 0.717) is 16.6 Å². The van der Waals surface area contributed by atoms with Gasteiger partial charge in [0.25, 0.3) is 5.91 Å². The smallest absolute Gasteiger partial charge is 0.326 e. The van der Waals surface area contributed by atoms with Crippen molar-refractivity contribution in [3.05, 3.63) is 27.1 Å². The number of hydrogen-bond acceptors (Lipinski definition) is 3. The molecular weight excluding hydrogens is 406 g/mol. The number of ether oxygens (including phenoxy) is 1. The van der Waals surface area contributed by atoms with Gasteiger partial charge in [-0.25, -0.2) is 4.79 Å². The molecule has 2 atom stereocenters. The quantitative estimate of drug-likeness (QED) is 0.707. The largest absolute Gasteiger partial charge is 0.483 e. The molecule has 0 aromatic heterocycles. The topological polar surface area (TPSA) is 75.6 Å². The van der Waals surface area contributed by atoms with Crippen LogP contribution in [0, 0.1) is 5.92 Å². The average molecular weight is 423 g/mol. The number of aliphatic carboxylic acids is 1. The van der Waals surface area contributed by atoms with Crippen LogP contribution in [0.5, 0.6) is 5.75 Å². The highest BCUT2D eigenvalue weighted by Gasteiger charge is 2.25. The highest BCUT2D eigenvalue weighted by Crippen LogP contribution is 2.28. The Balaban J connectivity index is 2.58. The second-order valence-corrected chi connectivity index (χ2v) is 6.40. The van der Waals surface area contributed by atoms with Crippen LogP contribution in [-0.4, -0.2) is 29.6 Å². The lowest BCUT2D eigenvalue weighted by molar-refractivity contribution is -0.143. The van der Waals surface area contributed by atoms with E-state index in [2.05, 4.69) is 37.2 Å². The van der Waals surface area contributed by atoms with Crippen LogP contribution in [0.25, 0.3) is 0 Å². The van der Waals surface area contributed by atoms with Crippen molar-refractivity contribution < 1.29 is 19.4 Å². The van der Waals surface area contributed by atoms with Crippen LogP contribution in [0.3, 0.4) is 0 Å². The first-order chi connectivity index (χ1) is 9.85. The maximum atomic E-state index is 11.8. The Morgan fingerprint density at radius 1 is 1.38 bits per heavy atom. The van der Waals surface area contributed by atoms with Crippen LogP contribution in [-0.2, 0) is 9.59 Å². The van der Waals surface area contributed by atoms with Crippen molar-refractivity contribution in [1.29, 1.82) is 0 Å². The van der Waals surface area contributed by atoms with E-state index in [9.17, 15) is 9.59 Å². The van der Waals surface area contributed by atoms with Gasteiger partial charge in [0.1, 0.15) is 11.8 Å². The summed E-state index contributed by atoms with van der Waals surface area (Å²) in [5.41, 5.74) is 0. The van der Waals surface area contributed by atoms with Crippen molar-refractivity contribution in [2.75, 3.05) is 6.61 Å². The average Bonchev–Trinajstić information content (AvgIpc) is 2.42. The van der Waals surface area contributed by atoms with E-state index in [4.69, 9.17) is 9.84 Å². The van der Waals surface area contributed by atoms with Gasteiger partial charge in [-0.1, -0.05) is 36.2 Å². The van der Waals surface area contributed by atoms with Crippen molar-refractivity contribution in [2.24, 2.45) is 5.92 Å². The molecule has 1 rings (SSSR count). The van der Waals surface area contributed by atoms with Crippen LogP contribution in [0.2, 0.25) is 0 Å². The summed E-state index contributed by atoms with van der Waals surface area (Å²) in [4.78, 5) is 22.9. The molecule has 1 amide bonds. The summed E-state index contributed by atoms with van der Waals surface area (Å²) in [5.74, 6) is -1.13. The van der Waals surface area contributed by atoms with Crippen molar-refractivity contribution in [2.45, 2.75) is 26.3 Å². The number of benzene rings is 1. The number of nitrogens with one attached hydrogen (secondary N) is 1. The molecule has 0 spiro atoms. The van der Waals surface area contributed by atoms with Gasteiger partial charge in [0, 0.05) is 4.47 Å². The van der Waals surface area contributed by atoms with Crippen molar-refractivity contribution in [3.8, 4) is 5.75 Å². The van der Waals surface area contributed by atoms with Gasteiger partial charge < -0.3 is 15.2 Å². The molecule has 0 fully saturated rings. The summed E-state index contributed by atoms with van der Waals surface area (Å²) in [6.45, 7) is 3.42. The summed E-state index contributed by atoms with van der Waals surface area (Å²) in [6, 6.07) is 4.40. The third-order valence-corrected chi connectivity index (χ3v) is 4.16. The van der Waals surface area contributed by atoms with E-state index < -0.39 is 17.9 Å². The Labute approximate surface area is 140 Å². The van der Waals surface area contributed by atoms with Crippen LogP contribution >= 0.6 is 31.9 Å². The fourth-order valence-electron chi connectivity index (χ4n) is 1.63. The Bertz CT molecular complexity index is 522. The monoisotopic (exact) mass is 421 g/mol. The Kier molecular flexibility index (Phi) is 7.17. The molecule has 7 heteroatoms. The summed E-state index contributed by atoms with van der Waals surface area (Å²) < 4.78 is 6.97. The maximum Gasteiger partial charge on any atom is 0.326 e. The fourth-order valence-corrected chi connectivity index (χ4v) is 2.80. The second kappa shape index (κ2) is 8.38. The fraction of sp³-hybridized carbons (Fsp3) is 0.429. The summed E-state index contributed by atoms with van der Waals surface area (Å²) in [6.07, 6.45) is 0.663. The van der Waals surface area contributed by atoms with E-state index in [1.807, 2.05) is 6.92 Å². The van der Waals surface area contributed by atoms with Gasteiger partial charge in [0.15, 0.2) is 6.61 Å². The van der Waals surface area contributed by atoms with Gasteiger partial charge in [-0.15, -0.1) is 0 Å². The van der Waals surface area contributed by atoms with E-state index in [0.717, 1.165) is 4.47 Å². The molecule has 0 aliphatic carbocycles. The number of halogens is 2. The van der Waals surface area contributed by atoms with Crippen LogP contribution in [0.15, 0.2) is 27.1 Å².